The van der Waals surface area contributed by atoms with Gasteiger partial charge >= 0.3 is 0 Å². The Kier molecular flexibility index (Phi) is 7.62. The lowest BCUT2D eigenvalue weighted by Crippen LogP contribution is -2.15. The molecule has 296 valence electrons. The molecule has 63 heavy (non-hydrogen) atoms. The fourth-order valence-electron chi connectivity index (χ4n) is 10.5. The number of aromatic nitrogens is 4. The first-order valence-electron chi connectivity index (χ1n) is 21.7. The highest BCUT2D eigenvalue weighted by atomic mass is 15.0. The van der Waals surface area contributed by atoms with Crippen LogP contribution in [-0.4, -0.2) is 19.1 Å². The lowest BCUT2D eigenvalue weighted by atomic mass is 9.81. The Morgan fingerprint density at radius 1 is 0.349 bits per heavy atom. The quantitative estimate of drug-likeness (QED) is 0.174. The van der Waals surface area contributed by atoms with Crippen molar-refractivity contribution in [2.24, 2.45) is 0 Å². The molecule has 1 aliphatic rings. The molecule has 0 aliphatic heterocycles. The fraction of sp³-hybridized carbons (Fsp3) is 0.0508. The van der Waals surface area contributed by atoms with Crippen LogP contribution in [0.25, 0.3) is 111 Å². The number of nitrogens with zero attached hydrogens (tertiary/aromatic N) is 4. The molecule has 0 saturated heterocycles. The van der Waals surface area contributed by atoms with E-state index in [9.17, 15) is 0 Å². The molecule has 0 atom stereocenters. The summed E-state index contributed by atoms with van der Waals surface area (Å²) in [6.45, 7) is 4.71. The Hall–Kier alpha value is -8.08. The van der Waals surface area contributed by atoms with E-state index in [0.717, 1.165) is 50.4 Å². The van der Waals surface area contributed by atoms with E-state index in [2.05, 4.69) is 229 Å². The number of benzene rings is 9. The van der Waals surface area contributed by atoms with Gasteiger partial charge in [0.25, 0.3) is 0 Å². The van der Waals surface area contributed by atoms with Crippen LogP contribution in [0.3, 0.4) is 0 Å². The Labute approximate surface area is 365 Å². The van der Waals surface area contributed by atoms with E-state index in [1.807, 2.05) is 0 Å². The molecular formula is C59H40N4. The van der Waals surface area contributed by atoms with E-state index in [4.69, 9.17) is 9.97 Å². The summed E-state index contributed by atoms with van der Waals surface area (Å²) in [5.41, 5.74) is 18.3. The SMILES string of the molecule is CC1(C)c2cc(-c3nc(-c4ccccc4)c4cc(-c5ccc6c(c5)c5ccccc5n6-c5ccccc5)ccc4n3)ccc2-c2ccc(-n3c4ccccc4c4ccccc43)cc21. The smallest absolute Gasteiger partial charge is 0.160 e. The topological polar surface area (TPSA) is 35.6 Å². The van der Waals surface area contributed by atoms with Gasteiger partial charge in [0.2, 0.25) is 0 Å². The van der Waals surface area contributed by atoms with Gasteiger partial charge in [0, 0.05) is 54.8 Å². The van der Waals surface area contributed by atoms with Crippen molar-refractivity contribution in [2.75, 3.05) is 0 Å². The Balaban J connectivity index is 0.917. The average Bonchev–Trinajstić information content (AvgIpc) is 3.94. The summed E-state index contributed by atoms with van der Waals surface area (Å²) in [6.07, 6.45) is 0. The summed E-state index contributed by atoms with van der Waals surface area (Å²) in [4.78, 5) is 10.7. The summed E-state index contributed by atoms with van der Waals surface area (Å²) in [6, 6.07) is 74.6. The molecule has 4 nitrogen and oxygen atoms in total. The molecule has 0 bridgehead atoms. The predicted octanol–water partition coefficient (Wildman–Crippen LogP) is 15.1. The molecule has 4 heteroatoms. The van der Waals surface area contributed by atoms with Crippen LogP contribution in [0.15, 0.2) is 206 Å². The molecular weight excluding hydrogens is 765 g/mol. The maximum atomic E-state index is 5.41. The zero-order valence-corrected chi connectivity index (χ0v) is 34.9. The molecule has 0 saturated carbocycles. The molecule has 0 unspecified atom stereocenters. The first-order chi connectivity index (χ1) is 31.0. The zero-order chi connectivity index (χ0) is 41.8. The van der Waals surface area contributed by atoms with Crippen LogP contribution in [-0.2, 0) is 5.41 Å². The monoisotopic (exact) mass is 804 g/mol. The standard InChI is InChI=1S/C59H40N4/c1-59(2)50-35-40(25-29-43(50)44-30-28-42(36-51(44)59)63-53-22-12-9-19-45(53)46-20-10-13-23-54(46)63)58-60-52-31-26-38(34-49(52)57(61-58)37-15-5-3-6-16-37)39-27-32-56-48(33-39)47-21-11-14-24-55(47)62(56)41-17-7-4-8-18-41/h3-36H,1-2H3. The maximum Gasteiger partial charge on any atom is 0.160 e. The molecule has 3 aromatic heterocycles. The molecule has 0 spiro atoms. The van der Waals surface area contributed by atoms with Gasteiger partial charge in [-0.1, -0.05) is 147 Å². The third kappa shape index (κ3) is 5.34. The van der Waals surface area contributed by atoms with Crippen molar-refractivity contribution < 1.29 is 0 Å². The van der Waals surface area contributed by atoms with Gasteiger partial charge in [0.1, 0.15) is 0 Å². The van der Waals surface area contributed by atoms with Crippen LogP contribution >= 0.6 is 0 Å². The predicted molar refractivity (Wildman–Crippen MR) is 262 cm³/mol. The third-order valence-corrected chi connectivity index (χ3v) is 13.5. The maximum absolute atomic E-state index is 5.41. The Morgan fingerprint density at radius 2 is 0.857 bits per heavy atom. The van der Waals surface area contributed by atoms with Crippen LogP contribution < -0.4 is 0 Å². The van der Waals surface area contributed by atoms with Crippen molar-refractivity contribution in [3.63, 3.8) is 0 Å². The molecule has 3 heterocycles. The minimum Gasteiger partial charge on any atom is -0.309 e. The largest absolute Gasteiger partial charge is 0.309 e. The van der Waals surface area contributed by atoms with Crippen LogP contribution in [0.1, 0.15) is 25.0 Å². The number of rotatable bonds is 5. The highest BCUT2D eigenvalue weighted by Gasteiger charge is 2.36. The number of para-hydroxylation sites is 4. The molecule has 0 amide bonds. The lowest BCUT2D eigenvalue weighted by molar-refractivity contribution is 0.660. The van der Waals surface area contributed by atoms with E-state index in [0.29, 0.717) is 0 Å². The average molecular weight is 805 g/mol. The van der Waals surface area contributed by atoms with Gasteiger partial charge in [-0.3, -0.25) is 0 Å². The molecule has 0 radical (unpaired) electrons. The lowest BCUT2D eigenvalue weighted by Gasteiger charge is -2.23. The van der Waals surface area contributed by atoms with Gasteiger partial charge < -0.3 is 9.13 Å². The molecule has 0 N–H and O–H groups in total. The second-order valence-corrected chi connectivity index (χ2v) is 17.4. The third-order valence-electron chi connectivity index (χ3n) is 13.5. The Bertz CT molecular complexity index is 3760. The second kappa shape index (κ2) is 13.5. The van der Waals surface area contributed by atoms with Crippen molar-refractivity contribution in [1.82, 2.24) is 19.1 Å². The molecule has 9 aromatic carbocycles. The van der Waals surface area contributed by atoms with Crippen LogP contribution in [0.5, 0.6) is 0 Å². The highest BCUT2D eigenvalue weighted by Crippen LogP contribution is 2.51. The van der Waals surface area contributed by atoms with E-state index < -0.39 is 0 Å². The summed E-state index contributed by atoms with van der Waals surface area (Å²) < 4.78 is 4.78. The van der Waals surface area contributed by atoms with Crippen molar-refractivity contribution in [1.29, 1.82) is 0 Å². The minimum absolute atomic E-state index is 0.238. The van der Waals surface area contributed by atoms with Gasteiger partial charge in [-0.2, -0.15) is 0 Å². The molecule has 13 rings (SSSR count). The van der Waals surface area contributed by atoms with E-state index >= 15 is 0 Å². The summed E-state index contributed by atoms with van der Waals surface area (Å²) in [5.74, 6) is 0.727. The van der Waals surface area contributed by atoms with Gasteiger partial charge in [0.15, 0.2) is 5.82 Å². The van der Waals surface area contributed by atoms with Gasteiger partial charge in [-0.15, -0.1) is 0 Å². The summed E-state index contributed by atoms with van der Waals surface area (Å²) >= 11 is 0. The first kappa shape index (κ1) is 35.7. The fourth-order valence-corrected chi connectivity index (χ4v) is 10.5. The van der Waals surface area contributed by atoms with Crippen LogP contribution in [0.4, 0.5) is 0 Å². The summed E-state index contributed by atoms with van der Waals surface area (Å²) in [5, 5.41) is 6.04. The van der Waals surface area contributed by atoms with Crippen LogP contribution in [0.2, 0.25) is 0 Å². The minimum atomic E-state index is -0.238. The number of fused-ring (bicyclic) bond motifs is 10. The molecule has 0 fully saturated rings. The van der Waals surface area contributed by atoms with Crippen molar-refractivity contribution in [3.8, 4) is 56.3 Å². The normalized spacial score (nSPS) is 13.0. The van der Waals surface area contributed by atoms with Crippen molar-refractivity contribution in [2.45, 2.75) is 19.3 Å². The Morgan fingerprint density at radius 3 is 1.54 bits per heavy atom. The van der Waals surface area contributed by atoms with Gasteiger partial charge in [-0.05, 0) is 106 Å². The van der Waals surface area contributed by atoms with Gasteiger partial charge in [-0.25, -0.2) is 9.97 Å². The van der Waals surface area contributed by atoms with Crippen molar-refractivity contribution in [3.05, 3.63) is 217 Å². The number of hydrogen-bond acceptors (Lipinski definition) is 2. The number of hydrogen-bond donors (Lipinski definition) is 0. The highest BCUT2D eigenvalue weighted by molar-refractivity contribution is 6.11. The molecule has 12 aromatic rings. The molecule has 1 aliphatic carbocycles. The zero-order valence-electron chi connectivity index (χ0n) is 34.9. The summed E-state index contributed by atoms with van der Waals surface area (Å²) in [7, 11) is 0. The van der Waals surface area contributed by atoms with Gasteiger partial charge in [0.05, 0.1) is 33.3 Å². The van der Waals surface area contributed by atoms with E-state index in [-0.39, 0.29) is 5.41 Å². The first-order valence-corrected chi connectivity index (χ1v) is 21.7. The van der Waals surface area contributed by atoms with E-state index in [1.54, 1.807) is 0 Å². The second-order valence-electron chi connectivity index (χ2n) is 17.4. The van der Waals surface area contributed by atoms with Crippen molar-refractivity contribution >= 4 is 54.5 Å². The van der Waals surface area contributed by atoms with E-state index in [1.165, 1.54) is 71.6 Å². The van der Waals surface area contributed by atoms with Crippen LogP contribution in [0, 0.1) is 0 Å².